The van der Waals surface area contributed by atoms with Crippen molar-refractivity contribution in [2.45, 2.75) is 25.4 Å². The van der Waals surface area contributed by atoms with Gasteiger partial charge in [0.1, 0.15) is 0 Å². The van der Waals surface area contributed by atoms with Crippen molar-refractivity contribution in [1.82, 2.24) is 0 Å². The molecule has 1 aliphatic carbocycles. The average molecular weight is 135 g/mol. The molecule has 0 spiro atoms. The Kier molecular flexibility index (Phi) is 2.64. The fraction of sp³-hybridized carbons (Fsp3) is 1.00. The monoisotopic (exact) mass is 134 g/mol. The third-order valence-corrected chi connectivity index (χ3v) is 1.64. The van der Waals surface area contributed by atoms with Gasteiger partial charge in [0.25, 0.3) is 0 Å². The molecule has 1 saturated carbocycles. The molecule has 1 fully saturated rings. The highest BCUT2D eigenvalue weighted by Gasteiger charge is 2.16. The van der Waals surface area contributed by atoms with Crippen molar-refractivity contribution in [1.29, 1.82) is 0 Å². The van der Waals surface area contributed by atoms with E-state index in [1.165, 1.54) is 19.3 Å². The van der Waals surface area contributed by atoms with E-state index in [0.29, 0.717) is 12.0 Å². The molecule has 0 aromatic heterocycles. The van der Waals surface area contributed by atoms with Gasteiger partial charge in [0.05, 0.1) is 12.7 Å². The van der Waals surface area contributed by atoms with Gasteiger partial charge in [-0.25, -0.2) is 0 Å². The van der Waals surface area contributed by atoms with Crippen molar-refractivity contribution in [3.05, 3.63) is 0 Å². The Balaban J connectivity index is 1.86. The standard InChI is InChI=1S/C6H11ClO/c7-4-5-8-6-2-1-3-6/h6H,1-5H2. The number of hydrogen-bond acceptors (Lipinski definition) is 1. The quantitative estimate of drug-likeness (QED) is 0.535. The van der Waals surface area contributed by atoms with E-state index in [-0.39, 0.29) is 0 Å². The van der Waals surface area contributed by atoms with Crippen LogP contribution in [0.5, 0.6) is 0 Å². The number of hydrogen-bond donors (Lipinski definition) is 0. The van der Waals surface area contributed by atoms with Gasteiger partial charge in [-0.05, 0) is 19.3 Å². The zero-order valence-corrected chi connectivity index (χ0v) is 5.66. The fourth-order valence-corrected chi connectivity index (χ4v) is 0.838. The average Bonchev–Trinajstić information content (AvgIpc) is 1.63. The minimum atomic E-state index is 0.550. The summed E-state index contributed by atoms with van der Waals surface area (Å²) in [5.74, 6) is 0.635. The van der Waals surface area contributed by atoms with Gasteiger partial charge in [-0.2, -0.15) is 0 Å². The number of rotatable bonds is 3. The predicted octanol–water partition coefficient (Wildman–Crippen LogP) is 1.79. The fourth-order valence-electron chi connectivity index (χ4n) is 0.749. The maximum absolute atomic E-state index is 5.40. The van der Waals surface area contributed by atoms with Gasteiger partial charge in [0, 0.05) is 5.88 Å². The van der Waals surface area contributed by atoms with Crippen LogP contribution in [0.25, 0.3) is 0 Å². The Morgan fingerprint density at radius 1 is 1.50 bits per heavy atom. The van der Waals surface area contributed by atoms with Crippen molar-refractivity contribution in [2.24, 2.45) is 0 Å². The van der Waals surface area contributed by atoms with E-state index in [0.717, 1.165) is 6.61 Å². The molecule has 0 radical (unpaired) electrons. The lowest BCUT2D eigenvalue weighted by Gasteiger charge is -2.24. The second-order valence-corrected chi connectivity index (χ2v) is 2.49. The molecule has 0 heterocycles. The number of halogens is 1. The lowest BCUT2D eigenvalue weighted by Crippen LogP contribution is -2.22. The van der Waals surface area contributed by atoms with E-state index in [2.05, 4.69) is 0 Å². The molecule has 0 amide bonds. The topological polar surface area (TPSA) is 9.23 Å². The Bertz CT molecular complexity index is 61.5. The lowest BCUT2D eigenvalue weighted by molar-refractivity contribution is 0.0110. The highest BCUT2D eigenvalue weighted by molar-refractivity contribution is 6.17. The third-order valence-electron chi connectivity index (χ3n) is 1.48. The largest absolute Gasteiger partial charge is 0.377 e. The summed E-state index contributed by atoms with van der Waals surface area (Å²) in [6, 6.07) is 0. The van der Waals surface area contributed by atoms with E-state index >= 15 is 0 Å². The van der Waals surface area contributed by atoms with Crippen molar-refractivity contribution in [3.8, 4) is 0 Å². The predicted molar refractivity (Wildman–Crippen MR) is 34.3 cm³/mol. The van der Waals surface area contributed by atoms with Gasteiger partial charge < -0.3 is 4.74 Å². The van der Waals surface area contributed by atoms with Crippen molar-refractivity contribution >= 4 is 11.6 Å². The summed E-state index contributed by atoms with van der Waals surface area (Å²) < 4.78 is 5.30. The smallest absolute Gasteiger partial charge is 0.0605 e. The van der Waals surface area contributed by atoms with Crippen LogP contribution in [-0.2, 0) is 4.74 Å². The Morgan fingerprint density at radius 2 is 2.25 bits per heavy atom. The normalized spacial score (nSPS) is 20.6. The summed E-state index contributed by atoms with van der Waals surface area (Å²) >= 11 is 5.40. The summed E-state index contributed by atoms with van der Waals surface area (Å²) in [5, 5.41) is 0. The van der Waals surface area contributed by atoms with Gasteiger partial charge in [-0.1, -0.05) is 0 Å². The van der Waals surface area contributed by atoms with Crippen molar-refractivity contribution in [3.63, 3.8) is 0 Å². The molecule has 0 atom stereocenters. The first-order valence-electron chi connectivity index (χ1n) is 3.11. The van der Waals surface area contributed by atoms with Crippen molar-refractivity contribution in [2.75, 3.05) is 12.5 Å². The molecular weight excluding hydrogens is 124 g/mol. The van der Waals surface area contributed by atoms with Crippen LogP contribution in [0.15, 0.2) is 0 Å². The van der Waals surface area contributed by atoms with E-state index in [4.69, 9.17) is 16.3 Å². The van der Waals surface area contributed by atoms with Gasteiger partial charge in [-0.3, -0.25) is 0 Å². The molecular formula is C6H11ClO. The first-order valence-corrected chi connectivity index (χ1v) is 3.64. The Labute approximate surface area is 55.0 Å². The van der Waals surface area contributed by atoms with Crippen LogP contribution in [-0.4, -0.2) is 18.6 Å². The van der Waals surface area contributed by atoms with Crippen LogP contribution in [0.1, 0.15) is 19.3 Å². The van der Waals surface area contributed by atoms with E-state index in [1.54, 1.807) is 0 Å². The first-order chi connectivity index (χ1) is 3.93. The molecule has 1 rings (SSSR count). The number of alkyl halides is 1. The molecule has 0 N–H and O–H groups in total. The highest BCUT2D eigenvalue weighted by Crippen LogP contribution is 2.21. The van der Waals surface area contributed by atoms with Gasteiger partial charge in [0.15, 0.2) is 0 Å². The summed E-state index contributed by atoms with van der Waals surface area (Å²) in [7, 11) is 0. The number of ether oxygens (including phenoxy) is 1. The van der Waals surface area contributed by atoms with Crippen LogP contribution < -0.4 is 0 Å². The second-order valence-electron chi connectivity index (χ2n) is 2.11. The van der Waals surface area contributed by atoms with E-state index < -0.39 is 0 Å². The Hall–Kier alpha value is 0.250. The zero-order chi connectivity index (χ0) is 5.82. The molecule has 0 saturated heterocycles. The lowest BCUT2D eigenvalue weighted by atomic mass is 9.96. The zero-order valence-electron chi connectivity index (χ0n) is 4.90. The van der Waals surface area contributed by atoms with Crippen molar-refractivity contribution < 1.29 is 4.74 Å². The van der Waals surface area contributed by atoms with Crippen LogP contribution >= 0.6 is 11.6 Å². The molecule has 0 unspecified atom stereocenters. The maximum atomic E-state index is 5.40. The molecule has 1 nitrogen and oxygen atoms in total. The SMILES string of the molecule is ClCCOC1CCC1. The molecule has 0 aliphatic heterocycles. The molecule has 0 aromatic rings. The summed E-state index contributed by atoms with van der Waals surface area (Å²) in [6.45, 7) is 0.728. The van der Waals surface area contributed by atoms with Gasteiger partial charge in [-0.15, -0.1) is 11.6 Å². The van der Waals surface area contributed by atoms with Crippen LogP contribution in [0, 0.1) is 0 Å². The molecule has 8 heavy (non-hydrogen) atoms. The molecule has 0 aromatic carbocycles. The van der Waals surface area contributed by atoms with Gasteiger partial charge in [0.2, 0.25) is 0 Å². The van der Waals surface area contributed by atoms with Gasteiger partial charge >= 0.3 is 0 Å². The summed E-state index contributed by atoms with van der Waals surface area (Å²) in [4.78, 5) is 0. The summed E-state index contributed by atoms with van der Waals surface area (Å²) in [6.07, 6.45) is 4.38. The van der Waals surface area contributed by atoms with Crippen LogP contribution in [0.2, 0.25) is 0 Å². The molecule has 48 valence electrons. The first kappa shape index (κ1) is 6.37. The third kappa shape index (κ3) is 1.64. The molecule has 1 aliphatic rings. The van der Waals surface area contributed by atoms with E-state index in [1.807, 2.05) is 0 Å². The minimum Gasteiger partial charge on any atom is -0.377 e. The second kappa shape index (κ2) is 3.31. The molecule has 2 heteroatoms. The van der Waals surface area contributed by atoms with Crippen LogP contribution in [0.3, 0.4) is 0 Å². The maximum Gasteiger partial charge on any atom is 0.0605 e. The van der Waals surface area contributed by atoms with E-state index in [9.17, 15) is 0 Å². The minimum absolute atomic E-state index is 0.550. The molecule has 0 bridgehead atoms. The Morgan fingerprint density at radius 3 is 2.62 bits per heavy atom. The summed E-state index contributed by atoms with van der Waals surface area (Å²) in [5.41, 5.74) is 0. The van der Waals surface area contributed by atoms with Crippen LogP contribution in [0.4, 0.5) is 0 Å². The highest BCUT2D eigenvalue weighted by atomic mass is 35.5.